The summed E-state index contributed by atoms with van der Waals surface area (Å²) in [6, 6.07) is 7.12. The van der Waals surface area contributed by atoms with E-state index in [2.05, 4.69) is 0 Å². The van der Waals surface area contributed by atoms with Gasteiger partial charge < -0.3 is 9.47 Å². The van der Waals surface area contributed by atoms with Gasteiger partial charge in [0.15, 0.2) is 0 Å². The minimum Gasteiger partial charge on any atom is -0.468 e. The highest BCUT2D eigenvalue weighted by atomic mass is 35.5. The average molecular weight is 229 g/mol. The summed E-state index contributed by atoms with van der Waals surface area (Å²) in [6.45, 7) is 0.285. The molecule has 0 N–H and O–H groups in total. The predicted molar refractivity (Wildman–Crippen MR) is 58.1 cm³/mol. The lowest BCUT2D eigenvalue weighted by atomic mass is 10.0. The summed E-state index contributed by atoms with van der Waals surface area (Å²) in [5.74, 6) is -0.738. The van der Waals surface area contributed by atoms with E-state index in [-0.39, 0.29) is 12.6 Å². The lowest BCUT2D eigenvalue weighted by Crippen LogP contribution is -2.18. The summed E-state index contributed by atoms with van der Waals surface area (Å²) in [6.07, 6.45) is 0. The first kappa shape index (κ1) is 12.0. The van der Waals surface area contributed by atoms with Crippen LogP contribution in [0, 0.1) is 0 Å². The summed E-state index contributed by atoms with van der Waals surface area (Å²) in [4.78, 5) is 11.5. The van der Waals surface area contributed by atoms with Gasteiger partial charge >= 0.3 is 5.97 Å². The van der Waals surface area contributed by atoms with Crippen LogP contribution in [-0.2, 0) is 14.3 Å². The van der Waals surface area contributed by atoms with Gasteiger partial charge in [0.1, 0.15) is 5.92 Å². The quantitative estimate of drug-likeness (QED) is 0.742. The fourth-order valence-electron chi connectivity index (χ4n) is 1.33. The number of hydrogen-bond donors (Lipinski definition) is 0. The molecule has 0 aliphatic rings. The van der Waals surface area contributed by atoms with Crippen molar-refractivity contribution in [1.29, 1.82) is 0 Å². The fraction of sp³-hybridized carbons (Fsp3) is 0.364. The van der Waals surface area contributed by atoms with Gasteiger partial charge in [-0.1, -0.05) is 23.7 Å². The molecule has 1 aromatic carbocycles. The number of halogens is 1. The molecule has 1 atom stereocenters. The van der Waals surface area contributed by atoms with E-state index < -0.39 is 5.92 Å². The first-order valence-corrected chi connectivity index (χ1v) is 4.89. The van der Waals surface area contributed by atoms with E-state index in [0.717, 1.165) is 5.56 Å². The van der Waals surface area contributed by atoms with Gasteiger partial charge in [0, 0.05) is 12.1 Å². The molecule has 0 saturated heterocycles. The second-order valence-electron chi connectivity index (χ2n) is 3.09. The minimum absolute atomic E-state index is 0.285. The van der Waals surface area contributed by atoms with Crippen molar-refractivity contribution >= 4 is 17.6 Å². The number of hydrogen-bond acceptors (Lipinski definition) is 3. The second kappa shape index (κ2) is 5.73. The van der Waals surface area contributed by atoms with Gasteiger partial charge in [-0.3, -0.25) is 4.79 Å². The number of carbonyl (C=O) groups is 1. The van der Waals surface area contributed by atoms with Gasteiger partial charge in [0.25, 0.3) is 0 Å². The highest BCUT2D eigenvalue weighted by Gasteiger charge is 2.21. The third-order valence-corrected chi connectivity index (χ3v) is 2.31. The van der Waals surface area contributed by atoms with Crippen molar-refractivity contribution in [2.45, 2.75) is 5.92 Å². The van der Waals surface area contributed by atoms with Crippen LogP contribution in [0.2, 0.25) is 5.02 Å². The van der Waals surface area contributed by atoms with E-state index in [9.17, 15) is 4.79 Å². The average Bonchev–Trinajstić information content (AvgIpc) is 2.25. The number of rotatable bonds is 4. The van der Waals surface area contributed by atoms with Crippen LogP contribution in [0.5, 0.6) is 0 Å². The summed E-state index contributed by atoms with van der Waals surface area (Å²) in [5, 5.41) is 0.595. The van der Waals surface area contributed by atoms with Crippen molar-refractivity contribution in [1.82, 2.24) is 0 Å². The van der Waals surface area contributed by atoms with Crippen molar-refractivity contribution in [3.05, 3.63) is 34.9 Å². The Morgan fingerprint density at radius 3 is 2.73 bits per heavy atom. The Balaban J connectivity index is 2.93. The second-order valence-corrected chi connectivity index (χ2v) is 3.52. The molecule has 1 unspecified atom stereocenters. The Hall–Kier alpha value is -1.06. The Morgan fingerprint density at radius 2 is 2.20 bits per heavy atom. The molecule has 82 valence electrons. The van der Waals surface area contributed by atoms with E-state index in [4.69, 9.17) is 21.1 Å². The number of ether oxygens (including phenoxy) is 2. The van der Waals surface area contributed by atoms with Crippen LogP contribution in [0.4, 0.5) is 0 Å². The van der Waals surface area contributed by atoms with Gasteiger partial charge in [0.2, 0.25) is 0 Å². The molecule has 3 nitrogen and oxygen atoms in total. The van der Waals surface area contributed by atoms with Gasteiger partial charge in [0.05, 0.1) is 13.7 Å². The van der Waals surface area contributed by atoms with Crippen LogP contribution < -0.4 is 0 Å². The standard InChI is InChI=1S/C11H13ClO3/c1-14-7-10(11(13)15-2)8-4-3-5-9(12)6-8/h3-6,10H,7H2,1-2H3. The molecule has 0 amide bonds. The zero-order valence-corrected chi connectivity index (χ0v) is 9.45. The zero-order valence-electron chi connectivity index (χ0n) is 8.70. The molecular formula is C11H13ClO3. The molecule has 0 aliphatic carbocycles. The highest BCUT2D eigenvalue weighted by Crippen LogP contribution is 2.21. The molecule has 0 heterocycles. The zero-order chi connectivity index (χ0) is 11.3. The molecule has 4 heteroatoms. The molecule has 0 spiro atoms. The van der Waals surface area contributed by atoms with Crippen molar-refractivity contribution in [3.63, 3.8) is 0 Å². The molecule has 0 fully saturated rings. The molecule has 1 aromatic rings. The highest BCUT2D eigenvalue weighted by molar-refractivity contribution is 6.30. The minimum atomic E-state index is -0.418. The SMILES string of the molecule is COCC(C(=O)OC)c1cccc(Cl)c1. The van der Waals surface area contributed by atoms with Crippen LogP contribution in [0.3, 0.4) is 0 Å². The van der Waals surface area contributed by atoms with Crippen LogP contribution in [0.15, 0.2) is 24.3 Å². The van der Waals surface area contributed by atoms with Crippen LogP contribution in [-0.4, -0.2) is 26.8 Å². The summed E-state index contributed by atoms with van der Waals surface area (Å²) in [5.41, 5.74) is 0.802. The Labute approximate surface area is 93.9 Å². The van der Waals surface area contributed by atoms with Gasteiger partial charge in [-0.15, -0.1) is 0 Å². The lowest BCUT2D eigenvalue weighted by molar-refractivity contribution is -0.143. The van der Waals surface area contributed by atoms with Crippen LogP contribution >= 0.6 is 11.6 Å². The number of esters is 1. The lowest BCUT2D eigenvalue weighted by Gasteiger charge is -2.13. The first-order valence-electron chi connectivity index (χ1n) is 4.51. The Kier molecular flexibility index (Phi) is 4.59. The molecule has 0 aliphatic heterocycles. The van der Waals surface area contributed by atoms with Crippen LogP contribution in [0.25, 0.3) is 0 Å². The molecule has 15 heavy (non-hydrogen) atoms. The maximum absolute atomic E-state index is 11.5. The van der Waals surface area contributed by atoms with E-state index >= 15 is 0 Å². The van der Waals surface area contributed by atoms with Crippen molar-refractivity contribution in [2.24, 2.45) is 0 Å². The van der Waals surface area contributed by atoms with Gasteiger partial charge in [-0.05, 0) is 17.7 Å². The van der Waals surface area contributed by atoms with Crippen molar-refractivity contribution in [2.75, 3.05) is 20.8 Å². The number of carbonyl (C=O) groups excluding carboxylic acids is 1. The largest absolute Gasteiger partial charge is 0.468 e. The van der Waals surface area contributed by atoms with E-state index in [1.807, 2.05) is 6.07 Å². The molecular weight excluding hydrogens is 216 g/mol. The van der Waals surface area contributed by atoms with Crippen molar-refractivity contribution < 1.29 is 14.3 Å². The monoisotopic (exact) mass is 228 g/mol. The topological polar surface area (TPSA) is 35.5 Å². The van der Waals surface area contributed by atoms with Gasteiger partial charge in [-0.25, -0.2) is 0 Å². The third kappa shape index (κ3) is 3.22. The smallest absolute Gasteiger partial charge is 0.315 e. The maximum Gasteiger partial charge on any atom is 0.315 e. The third-order valence-electron chi connectivity index (χ3n) is 2.07. The molecule has 0 saturated carbocycles. The fourth-order valence-corrected chi connectivity index (χ4v) is 1.53. The molecule has 0 bridgehead atoms. The first-order chi connectivity index (χ1) is 7.19. The van der Waals surface area contributed by atoms with Gasteiger partial charge in [-0.2, -0.15) is 0 Å². The Bertz CT molecular complexity index is 338. The Morgan fingerprint density at radius 1 is 1.47 bits per heavy atom. The summed E-state index contributed by atoms with van der Waals surface area (Å²) >= 11 is 5.84. The van der Waals surface area contributed by atoms with Crippen LogP contribution in [0.1, 0.15) is 11.5 Å². The predicted octanol–water partition coefficient (Wildman–Crippen LogP) is 2.24. The summed E-state index contributed by atoms with van der Waals surface area (Å²) < 4.78 is 9.67. The summed E-state index contributed by atoms with van der Waals surface area (Å²) in [7, 11) is 2.90. The van der Waals surface area contributed by atoms with E-state index in [0.29, 0.717) is 5.02 Å². The van der Waals surface area contributed by atoms with E-state index in [1.165, 1.54) is 7.11 Å². The number of benzene rings is 1. The normalized spacial score (nSPS) is 12.2. The molecule has 1 rings (SSSR count). The van der Waals surface area contributed by atoms with E-state index in [1.54, 1.807) is 25.3 Å². The van der Waals surface area contributed by atoms with Crippen molar-refractivity contribution in [3.8, 4) is 0 Å². The number of methoxy groups -OCH3 is 2. The molecule has 0 radical (unpaired) electrons. The molecule has 0 aromatic heterocycles. The maximum atomic E-state index is 11.5.